The van der Waals surface area contributed by atoms with Crippen LogP contribution in [-0.2, 0) is 4.79 Å². The third-order valence-corrected chi connectivity index (χ3v) is 3.64. The van der Waals surface area contributed by atoms with Crippen molar-refractivity contribution < 1.29 is 9.90 Å². The number of carbonyl (C=O) groups excluding carboxylic acids is 1. The Bertz CT molecular complexity index is 238. The first-order valence-electron chi connectivity index (χ1n) is 6.45. The Morgan fingerprint density at radius 2 is 2.12 bits per heavy atom. The van der Waals surface area contributed by atoms with Gasteiger partial charge < -0.3 is 10.0 Å². The Labute approximate surface area is 98.8 Å². The fourth-order valence-electron chi connectivity index (χ4n) is 2.08. The predicted octanol–water partition coefficient (Wildman–Crippen LogP) is 2.19. The van der Waals surface area contributed by atoms with Gasteiger partial charge in [-0.15, -0.1) is 0 Å². The third-order valence-electron chi connectivity index (χ3n) is 3.64. The van der Waals surface area contributed by atoms with Crippen LogP contribution in [-0.4, -0.2) is 34.6 Å². The molecule has 1 amide bonds. The van der Waals surface area contributed by atoms with Gasteiger partial charge in [0.05, 0.1) is 5.60 Å². The molecule has 0 spiro atoms. The summed E-state index contributed by atoms with van der Waals surface area (Å²) in [6.45, 7) is 7.63. The highest BCUT2D eigenvalue weighted by Gasteiger charge is 2.27. The Balaban J connectivity index is 2.45. The number of carbonyl (C=O) groups is 1. The van der Waals surface area contributed by atoms with E-state index in [2.05, 4.69) is 13.8 Å². The monoisotopic (exact) mass is 227 g/mol. The molecule has 1 rings (SSSR count). The van der Waals surface area contributed by atoms with E-state index >= 15 is 0 Å². The molecule has 16 heavy (non-hydrogen) atoms. The lowest BCUT2D eigenvalue weighted by atomic mass is 9.98. The van der Waals surface area contributed by atoms with Crippen LogP contribution >= 0.6 is 0 Å². The minimum Gasteiger partial charge on any atom is -0.390 e. The van der Waals surface area contributed by atoms with E-state index in [-0.39, 0.29) is 5.91 Å². The fourth-order valence-corrected chi connectivity index (χ4v) is 2.08. The van der Waals surface area contributed by atoms with E-state index in [4.69, 9.17) is 0 Å². The van der Waals surface area contributed by atoms with E-state index in [0.29, 0.717) is 25.3 Å². The van der Waals surface area contributed by atoms with Gasteiger partial charge in [-0.1, -0.05) is 20.3 Å². The molecule has 1 fully saturated rings. The number of amides is 1. The van der Waals surface area contributed by atoms with Crippen LogP contribution < -0.4 is 0 Å². The predicted molar refractivity (Wildman–Crippen MR) is 65.1 cm³/mol. The second-order valence-electron chi connectivity index (χ2n) is 5.45. The first-order valence-corrected chi connectivity index (χ1v) is 6.45. The van der Waals surface area contributed by atoms with E-state index in [1.807, 2.05) is 11.8 Å². The summed E-state index contributed by atoms with van der Waals surface area (Å²) in [6.07, 6.45) is 4.13. The van der Waals surface area contributed by atoms with Gasteiger partial charge in [0.1, 0.15) is 0 Å². The van der Waals surface area contributed by atoms with Crippen LogP contribution in [0.2, 0.25) is 0 Å². The molecule has 1 aliphatic heterocycles. The van der Waals surface area contributed by atoms with Crippen LogP contribution in [0.25, 0.3) is 0 Å². The molecule has 1 heterocycles. The van der Waals surface area contributed by atoms with Crippen molar-refractivity contribution in [2.45, 2.75) is 58.5 Å². The van der Waals surface area contributed by atoms with Crippen LogP contribution in [0.4, 0.5) is 0 Å². The van der Waals surface area contributed by atoms with Gasteiger partial charge >= 0.3 is 0 Å². The highest BCUT2D eigenvalue weighted by Crippen LogP contribution is 2.22. The Morgan fingerprint density at radius 3 is 2.75 bits per heavy atom. The fraction of sp³-hybridized carbons (Fsp3) is 0.923. The highest BCUT2D eigenvalue weighted by molar-refractivity contribution is 5.76. The Morgan fingerprint density at radius 1 is 1.44 bits per heavy atom. The van der Waals surface area contributed by atoms with Crippen molar-refractivity contribution in [1.29, 1.82) is 0 Å². The normalized spacial score (nSPS) is 28.6. The lowest BCUT2D eigenvalue weighted by molar-refractivity contribution is -0.132. The summed E-state index contributed by atoms with van der Waals surface area (Å²) in [4.78, 5) is 13.9. The molecule has 3 heteroatoms. The summed E-state index contributed by atoms with van der Waals surface area (Å²) in [6, 6.07) is 0. The van der Waals surface area contributed by atoms with Gasteiger partial charge in [-0.3, -0.25) is 4.79 Å². The molecule has 94 valence electrons. The molecule has 2 unspecified atom stereocenters. The average molecular weight is 227 g/mol. The van der Waals surface area contributed by atoms with Crippen molar-refractivity contribution in [3.05, 3.63) is 0 Å². The summed E-state index contributed by atoms with van der Waals surface area (Å²) in [5.74, 6) is 0.725. The summed E-state index contributed by atoms with van der Waals surface area (Å²) in [5, 5.41) is 9.94. The van der Waals surface area contributed by atoms with Gasteiger partial charge in [-0.25, -0.2) is 0 Å². The molecule has 0 radical (unpaired) electrons. The molecule has 0 aromatic heterocycles. The zero-order valence-corrected chi connectivity index (χ0v) is 10.8. The highest BCUT2D eigenvalue weighted by atomic mass is 16.3. The van der Waals surface area contributed by atoms with Gasteiger partial charge in [0, 0.05) is 19.5 Å². The van der Waals surface area contributed by atoms with Crippen molar-refractivity contribution in [3.8, 4) is 0 Å². The molecule has 0 aromatic rings. The lowest BCUT2D eigenvalue weighted by Crippen LogP contribution is -2.34. The second kappa shape index (κ2) is 5.67. The maximum atomic E-state index is 12.0. The van der Waals surface area contributed by atoms with Crippen LogP contribution in [0.3, 0.4) is 0 Å². The summed E-state index contributed by atoms with van der Waals surface area (Å²) in [5.41, 5.74) is -0.578. The van der Waals surface area contributed by atoms with Crippen molar-refractivity contribution in [1.82, 2.24) is 4.90 Å². The van der Waals surface area contributed by atoms with Crippen LogP contribution in [0.1, 0.15) is 52.9 Å². The summed E-state index contributed by atoms with van der Waals surface area (Å²) in [7, 11) is 0. The Kier molecular flexibility index (Phi) is 4.78. The zero-order valence-electron chi connectivity index (χ0n) is 10.8. The molecular formula is C13H25NO2. The van der Waals surface area contributed by atoms with E-state index in [1.165, 1.54) is 0 Å². The number of nitrogens with zero attached hydrogens (tertiary/aromatic N) is 1. The van der Waals surface area contributed by atoms with Gasteiger partial charge in [-0.05, 0) is 32.1 Å². The molecule has 3 nitrogen and oxygen atoms in total. The molecule has 2 atom stereocenters. The number of likely N-dealkylation sites (tertiary alicyclic amines) is 1. The standard InChI is InChI=1S/C13H25NO2/c1-4-11(2)10-12(15)14-8-5-6-13(3,16)7-9-14/h11,16H,4-10H2,1-3H3. The average Bonchev–Trinajstić information content (AvgIpc) is 2.39. The summed E-state index contributed by atoms with van der Waals surface area (Å²) < 4.78 is 0. The third kappa shape index (κ3) is 4.12. The first-order chi connectivity index (χ1) is 7.44. The molecule has 0 saturated carbocycles. The van der Waals surface area contributed by atoms with Crippen molar-refractivity contribution in [2.24, 2.45) is 5.92 Å². The molecule has 1 N–H and O–H groups in total. The molecule has 0 bridgehead atoms. The molecule has 1 saturated heterocycles. The first kappa shape index (κ1) is 13.5. The van der Waals surface area contributed by atoms with Gasteiger partial charge in [0.15, 0.2) is 0 Å². The van der Waals surface area contributed by atoms with Crippen molar-refractivity contribution in [3.63, 3.8) is 0 Å². The van der Waals surface area contributed by atoms with Gasteiger partial charge in [0.25, 0.3) is 0 Å². The van der Waals surface area contributed by atoms with E-state index < -0.39 is 5.60 Å². The van der Waals surface area contributed by atoms with E-state index in [0.717, 1.165) is 25.8 Å². The van der Waals surface area contributed by atoms with Gasteiger partial charge in [-0.2, -0.15) is 0 Å². The quantitative estimate of drug-likeness (QED) is 0.803. The van der Waals surface area contributed by atoms with Crippen molar-refractivity contribution >= 4 is 5.91 Å². The zero-order chi connectivity index (χ0) is 12.2. The topological polar surface area (TPSA) is 40.5 Å². The molecule has 0 aromatic carbocycles. The molecule has 1 aliphatic rings. The number of aliphatic hydroxyl groups is 1. The smallest absolute Gasteiger partial charge is 0.222 e. The second-order valence-corrected chi connectivity index (χ2v) is 5.45. The maximum Gasteiger partial charge on any atom is 0.222 e. The van der Waals surface area contributed by atoms with E-state index in [1.54, 1.807) is 0 Å². The van der Waals surface area contributed by atoms with Crippen LogP contribution in [0.5, 0.6) is 0 Å². The lowest BCUT2D eigenvalue weighted by Gasteiger charge is -2.23. The number of hydrogen-bond acceptors (Lipinski definition) is 2. The molecular weight excluding hydrogens is 202 g/mol. The molecule has 0 aliphatic carbocycles. The minimum atomic E-state index is -0.578. The van der Waals surface area contributed by atoms with Crippen molar-refractivity contribution in [2.75, 3.05) is 13.1 Å². The van der Waals surface area contributed by atoms with Gasteiger partial charge in [0.2, 0.25) is 5.91 Å². The number of hydrogen-bond donors (Lipinski definition) is 1. The summed E-state index contributed by atoms with van der Waals surface area (Å²) >= 11 is 0. The maximum absolute atomic E-state index is 12.0. The minimum absolute atomic E-state index is 0.257. The number of rotatable bonds is 3. The van der Waals surface area contributed by atoms with E-state index in [9.17, 15) is 9.90 Å². The largest absolute Gasteiger partial charge is 0.390 e. The van der Waals surface area contributed by atoms with Crippen LogP contribution in [0.15, 0.2) is 0 Å². The Hall–Kier alpha value is -0.570. The SMILES string of the molecule is CCC(C)CC(=O)N1CCCC(C)(O)CC1. The van der Waals surface area contributed by atoms with Crippen LogP contribution in [0, 0.1) is 5.92 Å².